The molecule has 0 radical (unpaired) electrons. The maximum atomic E-state index is 12.5. The summed E-state index contributed by atoms with van der Waals surface area (Å²) in [7, 11) is 1.66. The zero-order valence-electron chi connectivity index (χ0n) is 12.6. The summed E-state index contributed by atoms with van der Waals surface area (Å²) in [5.74, 6) is -0.373. The maximum Gasteiger partial charge on any atom is 0.238 e. The van der Waals surface area contributed by atoms with E-state index >= 15 is 0 Å². The van der Waals surface area contributed by atoms with Gasteiger partial charge in [0.1, 0.15) is 5.54 Å². The summed E-state index contributed by atoms with van der Waals surface area (Å²) < 4.78 is 0. The van der Waals surface area contributed by atoms with Crippen LogP contribution < -0.4 is 5.32 Å². The summed E-state index contributed by atoms with van der Waals surface area (Å²) >= 11 is 7.29. The predicted molar refractivity (Wildman–Crippen MR) is 89.3 cm³/mol. The lowest BCUT2D eigenvalue weighted by Gasteiger charge is -2.43. The van der Waals surface area contributed by atoms with Gasteiger partial charge in [-0.15, -0.1) is 11.8 Å². The van der Waals surface area contributed by atoms with E-state index in [0.717, 1.165) is 11.3 Å². The molecular weight excluding hydrogens is 334 g/mol. The number of amides is 2. The van der Waals surface area contributed by atoms with Gasteiger partial charge in [0.2, 0.25) is 11.8 Å². The van der Waals surface area contributed by atoms with E-state index in [0.29, 0.717) is 23.6 Å². The van der Waals surface area contributed by atoms with E-state index in [-0.39, 0.29) is 18.2 Å². The average Bonchev–Trinajstić information content (AvgIpc) is 2.47. The van der Waals surface area contributed by atoms with Crippen molar-refractivity contribution in [3.8, 4) is 6.07 Å². The Bertz CT molecular complexity index is 712. The highest BCUT2D eigenvalue weighted by molar-refractivity contribution is 8.01. The van der Waals surface area contributed by atoms with Crippen molar-refractivity contribution < 1.29 is 9.59 Å². The second kappa shape index (κ2) is 6.06. The van der Waals surface area contributed by atoms with Crippen LogP contribution in [0.3, 0.4) is 0 Å². The van der Waals surface area contributed by atoms with Gasteiger partial charge in [0.25, 0.3) is 0 Å². The van der Waals surface area contributed by atoms with Gasteiger partial charge in [-0.3, -0.25) is 9.59 Å². The smallest absolute Gasteiger partial charge is 0.238 e. The molecule has 0 unspecified atom stereocenters. The first-order valence-corrected chi connectivity index (χ1v) is 8.66. The molecule has 5 nitrogen and oxygen atoms in total. The fourth-order valence-electron chi connectivity index (χ4n) is 2.83. The highest BCUT2D eigenvalue weighted by Crippen LogP contribution is 2.40. The first-order valence-electron chi connectivity index (χ1n) is 7.40. The van der Waals surface area contributed by atoms with Gasteiger partial charge in [-0.05, 0) is 37.5 Å². The number of fused-ring (bicyclic) bond motifs is 1. The second-order valence-corrected chi connectivity index (χ2v) is 7.57. The van der Waals surface area contributed by atoms with Crippen molar-refractivity contribution >= 4 is 40.9 Å². The monoisotopic (exact) mass is 349 g/mol. The Morgan fingerprint density at radius 3 is 2.91 bits per heavy atom. The van der Waals surface area contributed by atoms with Gasteiger partial charge in [-0.2, -0.15) is 5.26 Å². The number of carbonyl (C=O) groups is 2. The van der Waals surface area contributed by atoms with Crippen molar-refractivity contribution in [2.75, 3.05) is 12.4 Å². The first-order chi connectivity index (χ1) is 10.9. The Labute approximate surface area is 144 Å². The molecule has 1 atom stereocenters. The number of anilines is 1. The van der Waals surface area contributed by atoms with Crippen LogP contribution in [0.4, 0.5) is 5.69 Å². The van der Waals surface area contributed by atoms with E-state index < -0.39 is 10.8 Å². The number of nitrogens with zero attached hydrogens (tertiary/aromatic N) is 2. The Morgan fingerprint density at radius 1 is 1.57 bits per heavy atom. The summed E-state index contributed by atoms with van der Waals surface area (Å²) in [5.41, 5.74) is -0.00440. The molecule has 1 aliphatic heterocycles. The minimum Gasteiger partial charge on any atom is -0.327 e. The molecule has 1 fully saturated rings. The minimum absolute atomic E-state index is 0.0818. The number of hydrogen-bond donors (Lipinski definition) is 1. The summed E-state index contributed by atoms with van der Waals surface area (Å²) in [5, 5.41) is 12.2. The molecule has 120 valence electrons. The van der Waals surface area contributed by atoms with Crippen molar-refractivity contribution in [3.05, 3.63) is 23.2 Å². The number of rotatable bonds is 3. The number of thioether (sulfide) groups is 1. The zero-order valence-corrected chi connectivity index (χ0v) is 14.2. The number of nitrogens with one attached hydrogen (secondary N) is 1. The lowest BCUT2D eigenvalue weighted by atomic mass is 9.76. The van der Waals surface area contributed by atoms with Crippen molar-refractivity contribution in [2.24, 2.45) is 0 Å². The van der Waals surface area contributed by atoms with Gasteiger partial charge in [0.05, 0.1) is 17.0 Å². The van der Waals surface area contributed by atoms with E-state index in [1.165, 1.54) is 16.7 Å². The van der Waals surface area contributed by atoms with Crippen LogP contribution in [0, 0.1) is 11.3 Å². The molecule has 2 amide bonds. The Kier molecular flexibility index (Phi) is 4.26. The maximum absolute atomic E-state index is 12.5. The third kappa shape index (κ3) is 2.91. The van der Waals surface area contributed by atoms with Crippen LogP contribution >= 0.6 is 23.4 Å². The quantitative estimate of drug-likeness (QED) is 0.910. The fraction of sp³-hybridized carbons (Fsp3) is 0.438. The van der Waals surface area contributed by atoms with Crippen LogP contribution in [0.1, 0.15) is 25.7 Å². The molecule has 1 saturated carbocycles. The highest BCUT2D eigenvalue weighted by atomic mass is 35.5. The van der Waals surface area contributed by atoms with Crippen LogP contribution in [0.5, 0.6) is 0 Å². The van der Waals surface area contributed by atoms with Crippen molar-refractivity contribution in [2.45, 2.75) is 41.4 Å². The van der Waals surface area contributed by atoms with Gasteiger partial charge in [0.15, 0.2) is 0 Å². The van der Waals surface area contributed by atoms with Gasteiger partial charge in [-0.25, -0.2) is 0 Å². The molecule has 1 aromatic carbocycles. The predicted octanol–water partition coefficient (Wildman–Crippen LogP) is 3.05. The van der Waals surface area contributed by atoms with Crippen LogP contribution in [0.25, 0.3) is 0 Å². The Hall–Kier alpha value is -1.71. The molecule has 0 saturated heterocycles. The molecule has 1 heterocycles. The van der Waals surface area contributed by atoms with Crippen LogP contribution in [0.2, 0.25) is 5.02 Å². The molecular formula is C16H16ClN3O2S. The topological polar surface area (TPSA) is 73.2 Å². The van der Waals surface area contributed by atoms with Crippen LogP contribution in [-0.2, 0) is 9.59 Å². The summed E-state index contributed by atoms with van der Waals surface area (Å²) in [6.45, 7) is 0. The number of hydrogen-bond acceptors (Lipinski definition) is 4. The third-order valence-electron chi connectivity index (χ3n) is 4.53. The summed E-state index contributed by atoms with van der Waals surface area (Å²) in [6.07, 6.45) is 2.45. The van der Waals surface area contributed by atoms with Crippen molar-refractivity contribution in [1.29, 1.82) is 5.26 Å². The van der Waals surface area contributed by atoms with E-state index in [1.54, 1.807) is 19.2 Å². The van der Waals surface area contributed by atoms with E-state index in [1.807, 2.05) is 6.07 Å². The lowest BCUT2D eigenvalue weighted by molar-refractivity contribution is -0.137. The Morgan fingerprint density at radius 2 is 2.30 bits per heavy atom. The summed E-state index contributed by atoms with van der Waals surface area (Å²) in [6, 6.07) is 7.55. The lowest BCUT2D eigenvalue weighted by Crippen LogP contribution is -2.54. The molecule has 0 bridgehead atoms. The standard InChI is InChI=1S/C16H16ClN3O2S/c1-20(16(9-18)5-2-6-16)14(21)8-13-15(22)19-11-7-10(17)3-4-12(11)23-13/h3-4,7,13H,2,5-6,8H2,1H3,(H,19,22)/t13-/m1/s1. The number of halogens is 1. The third-order valence-corrected chi connectivity index (χ3v) is 6.04. The Balaban J connectivity index is 1.71. The highest BCUT2D eigenvalue weighted by Gasteiger charge is 2.44. The average molecular weight is 350 g/mol. The SMILES string of the molecule is CN(C(=O)C[C@H]1Sc2ccc(Cl)cc2NC1=O)C1(C#N)CCC1. The minimum atomic E-state index is -0.682. The molecule has 0 spiro atoms. The molecule has 0 aromatic heterocycles. The van der Waals surface area contributed by atoms with E-state index in [2.05, 4.69) is 11.4 Å². The van der Waals surface area contributed by atoms with E-state index in [4.69, 9.17) is 11.6 Å². The van der Waals surface area contributed by atoms with E-state index in [9.17, 15) is 14.9 Å². The molecule has 23 heavy (non-hydrogen) atoms. The van der Waals surface area contributed by atoms with Gasteiger partial charge in [0, 0.05) is 23.4 Å². The molecule has 7 heteroatoms. The summed E-state index contributed by atoms with van der Waals surface area (Å²) in [4.78, 5) is 27.1. The van der Waals surface area contributed by atoms with Crippen molar-refractivity contribution in [1.82, 2.24) is 4.90 Å². The second-order valence-electron chi connectivity index (χ2n) is 5.89. The van der Waals surface area contributed by atoms with Gasteiger partial charge >= 0.3 is 0 Å². The largest absolute Gasteiger partial charge is 0.327 e. The van der Waals surface area contributed by atoms with Crippen LogP contribution in [0.15, 0.2) is 23.1 Å². The molecule has 2 aliphatic rings. The number of carbonyl (C=O) groups excluding carboxylic acids is 2. The van der Waals surface area contributed by atoms with Gasteiger partial charge < -0.3 is 10.2 Å². The first kappa shape index (κ1) is 16.2. The number of nitriles is 1. The van der Waals surface area contributed by atoms with Gasteiger partial charge in [-0.1, -0.05) is 11.6 Å². The van der Waals surface area contributed by atoms with Crippen molar-refractivity contribution in [3.63, 3.8) is 0 Å². The normalized spacial score (nSPS) is 21.4. The molecule has 1 aromatic rings. The number of benzene rings is 1. The molecule has 1 aliphatic carbocycles. The fourth-order valence-corrected chi connectivity index (χ4v) is 4.08. The zero-order chi connectivity index (χ0) is 16.6. The molecule has 3 rings (SSSR count). The van der Waals surface area contributed by atoms with Crippen LogP contribution in [-0.4, -0.2) is 34.6 Å². The molecule has 1 N–H and O–H groups in total.